The van der Waals surface area contributed by atoms with E-state index in [0.717, 1.165) is 22.4 Å². The van der Waals surface area contributed by atoms with Crippen molar-refractivity contribution in [3.05, 3.63) is 111 Å². The lowest BCUT2D eigenvalue weighted by atomic mass is 10.0. The van der Waals surface area contributed by atoms with E-state index in [4.69, 9.17) is 5.10 Å². The Labute approximate surface area is 211 Å². The molecule has 0 aliphatic rings. The summed E-state index contributed by atoms with van der Waals surface area (Å²) in [5.74, 6) is -0.000662. The SMILES string of the molecule is Cc1ccc(C)c(-c2cc(NC(=O)Cn3cnc4cc([N+](=O)[O-])ccc4c3=O)n(-c3ccccc3)n2)c1. The molecule has 0 aliphatic heterocycles. The van der Waals surface area contributed by atoms with Crippen molar-refractivity contribution < 1.29 is 9.72 Å². The average Bonchev–Trinajstić information content (AvgIpc) is 3.30. The number of para-hydroxylation sites is 1. The lowest BCUT2D eigenvalue weighted by molar-refractivity contribution is -0.384. The summed E-state index contributed by atoms with van der Waals surface area (Å²) in [6, 6.07) is 21.1. The van der Waals surface area contributed by atoms with Gasteiger partial charge in [0.15, 0.2) is 0 Å². The number of non-ortho nitro benzene ring substituents is 1. The predicted octanol–water partition coefficient (Wildman–Crippen LogP) is 4.41. The minimum atomic E-state index is -0.553. The first-order valence-corrected chi connectivity index (χ1v) is 11.5. The lowest BCUT2D eigenvalue weighted by Crippen LogP contribution is -2.28. The minimum Gasteiger partial charge on any atom is -0.309 e. The topological polar surface area (TPSA) is 125 Å². The number of hydrogen-bond donors (Lipinski definition) is 1. The van der Waals surface area contributed by atoms with Gasteiger partial charge in [0.05, 0.1) is 33.5 Å². The van der Waals surface area contributed by atoms with E-state index in [-0.39, 0.29) is 23.1 Å². The molecular weight excluding hydrogens is 472 g/mol. The third-order valence-electron chi connectivity index (χ3n) is 5.98. The summed E-state index contributed by atoms with van der Waals surface area (Å²) in [5.41, 5.74) is 4.12. The highest BCUT2D eigenvalue weighted by Crippen LogP contribution is 2.28. The number of nitro benzene ring substituents is 1. The zero-order valence-electron chi connectivity index (χ0n) is 20.1. The van der Waals surface area contributed by atoms with Gasteiger partial charge in [0.25, 0.3) is 11.2 Å². The van der Waals surface area contributed by atoms with Crippen LogP contribution in [0.1, 0.15) is 11.1 Å². The van der Waals surface area contributed by atoms with Crippen molar-refractivity contribution in [2.75, 3.05) is 5.32 Å². The first-order valence-electron chi connectivity index (χ1n) is 11.5. The second kappa shape index (κ2) is 9.50. The first kappa shape index (κ1) is 23.6. The Morgan fingerprint density at radius 3 is 2.57 bits per heavy atom. The molecule has 0 unspecified atom stereocenters. The van der Waals surface area contributed by atoms with Crippen LogP contribution >= 0.6 is 0 Å². The van der Waals surface area contributed by atoms with Gasteiger partial charge in [-0.1, -0.05) is 35.9 Å². The molecule has 2 aromatic heterocycles. The van der Waals surface area contributed by atoms with Gasteiger partial charge in [-0.3, -0.25) is 24.3 Å². The van der Waals surface area contributed by atoms with Crippen LogP contribution in [-0.2, 0) is 11.3 Å². The number of nitrogens with one attached hydrogen (secondary N) is 1. The fraction of sp³-hybridized carbons (Fsp3) is 0.111. The Kier molecular flexibility index (Phi) is 6.06. The summed E-state index contributed by atoms with van der Waals surface area (Å²) < 4.78 is 2.81. The summed E-state index contributed by atoms with van der Waals surface area (Å²) in [4.78, 5) is 40.5. The lowest BCUT2D eigenvalue weighted by Gasteiger charge is -2.10. The third-order valence-corrected chi connectivity index (χ3v) is 5.98. The molecule has 10 nitrogen and oxygen atoms in total. The van der Waals surface area contributed by atoms with Crippen molar-refractivity contribution in [2.24, 2.45) is 0 Å². The monoisotopic (exact) mass is 494 g/mol. The molecule has 1 N–H and O–H groups in total. The molecule has 0 bridgehead atoms. The smallest absolute Gasteiger partial charge is 0.271 e. The highest BCUT2D eigenvalue weighted by Gasteiger charge is 2.17. The Balaban J connectivity index is 1.47. The summed E-state index contributed by atoms with van der Waals surface area (Å²) in [6.07, 6.45) is 1.21. The van der Waals surface area contributed by atoms with Gasteiger partial charge in [-0.05, 0) is 43.7 Å². The Bertz CT molecular complexity index is 1720. The number of nitrogens with zero attached hydrogens (tertiary/aromatic N) is 5. The zero-order chi connectivity index (χ0) is 26.1. The molecule has 2 heterocycles. The van der Waals surface area contributed by atoms with Crippen molar-refractivity contribution in [1.29, 1.82) is 0 Å². The van der Waals surface area contributed by atoms with Crippen LogP contribution in [0.15, 0.2) is 83.9 Å². The highest BCUT2D eigenvalue weighted by molar-refractivity contribution is 5.91. The van der Waals surface area contributed by atoms with Crippen molar-refractivity contribution in [1.82, 2.24) is 19.3 Å². The number of carbonyl (C=O) groups is 1. The maximum Gasteiger partial charge on any atom is 0.271 e. The Hall–Kier alpha value is -5.12. The van der Waals surface area contributed by atoms with Gasteiger partial charge >= 0.3 is 0 Å². The minimum absolute atomic E-state index is 0.163. The first-order chi connectivity index (χ1) is 17.8. The van der Waals surface area contributed by atoms with Gasteiger partial charge in [-0.15, -0.1) is 0 Å². The molecule has 0 radical (unpaired) electrons. The Morgan fingerprint density at radius 1 is 1.03 bits per heavy atom. The molecule has 0 atom stereocenters. The molecular formula is C27H22N6O4. The van der Waals surface area contributed by atoms with Crippen LogP contribution in [0.3, 0.4) is 0 Å². The number of aromatic nitrogens is 4. The van der Waals surface area contributed by atoms with Gasteiger partial charge in [0.1, 0.15) is 12.4 Å². The number of amides is 1. The van der Waals surface area contributed by atoms with E-state index in [1.54, 1.807) is 10.7 Å². The molecule has 0 saturated heterocycles. The van der Waals surface area contributed by atoms with Gasteiger partial charge < -0.3 is 5.32 Å². The molecule has 37 heavy (non-hydrogen) atoms. The normalized spacial score (nSPS) is 11.0. The predicted molar refractivity (Wildman–Crippen MR) is 140 cm³/mol. The van der Waals surface area contributed by atoms with E-state index in [2.05, 4.69) is 10.3 Å². The number of rotatable bonds is 6. The van der Waals surface area contributed by atoms with Crippen molar-refractivity contribution in [3.63, 3.8) is 0 Å². The second-order valence-corrected chi connectivity index (χ2v) is 8.66. The van der Waals surface area contributed by atoms with Gasteiger partial charge in [0, 0.05) is 23.8 Å². The zero-order valence-corrected chi connectivity index (χ0v) is 20.1. The average molecular weight is 495 g/mol. The molecule has 0 fully saturated rings. The van der Waals surface area contributed by atoms with Crippen LogP contribution in [0, 0.1) is 24.0 Å². The molecule has 5 aromatic rings. The van der Waals surface area contributed by atoms with Gasteiger partial charge in [-0.2, -0.15) is 5.10 Å². The van der Waals surface area contributed by atoms with Crippen molar-refractivity contribution in [2.45, 2.75) is 20.4 Å². The summed E-state index contributed by atoms with van der Waals surface area (Å²) >= 11 is 0. The van der Waals surface area contributed by atoms with E-state index >= 15 is 0 Å². The number of aryl methyl sites for hydroxylation is 2. The maximum atomic E-state index is 13.0. The van der Waals surface area contributed by atoms with Crippen LogP contribution in [0.25, 0.3) is 27.8 Å². The summed E-state index contributed by atoms with van der Waals surface area (Å²) in [7, 11) is 0. The fourth-order valence-corrected chi connectivity index (χ4v) is 4.09. The molecule has 1 amide bonds. The van der Waals surface area contributed by atoms with Gasteiger partial charge in [-0.25, -0.2) is 9.67 Å². The Morgan fingerprint density at radius 2 is 1.81 bits per heavy atom. The van der Waals surface area contributed by atoms with Gasteiger partial charge in [0.2, 0.25) is 5.91 Å². The number of carbonyl (C=O) groups excluding carboxylic acids is 1. The largest absolute Gasteiger partial charge is 0.309 e. The molecule has 0 saturated carbocycles. The molecule has 184 valence electrons. The van der Waals surface area contributed by atoms with Crippen molar-refractivity contribution >= 4 is 28.3 Å². The van der Waals surface area contributed by atoms with Crippen LogP contribution in [0.5, 0.6) is 0 Å². The summed E-state index contributed by atoms with van der Waals surface area (Å²) in [5, 5.41) is 18.8. The van der Waals surface area contributed by atoms with E-state index in [0.29, 0.717) is 11.5 Å². The van der Waals surface area contributed by atoms with Crippen molar-refractivity contribution in [3.8, 4) is 16.9 Å². The quantitative estimate of drug-likeness (QED) is 0.275. The van der Waals surface area contributed by atoms with E-state index in [9.17, 15) is 19.7 Å². The van der Waals surface area contributed by atoms with Crippen LogP contribution in [-0.4, -0.2) is 30.2 Å². The van der Waals surface area contributed by atoms with Crippen LogP contribution < -0.4 is 10.9 Å². The standard InChI is InChI=1S/C27H22N6O4/c1-17-8-9-18(2)22(12-17)24-14-25(32(30-24)19-6-4-3-5-7-19)29-26(34)15-31-16-28-23-13-20(33(36)37)10-11-21(23)27(31)35/h3-14,16H,15H2,1-2H3,(H,29,34). The van der Waals surface area contributed by atoms with E-state index in [1.165, 1.54) is 29.1 Å². The molecule has 3 aromatic carbocycles. The molecule has 5 rings (SSSR count). The molecule has 10 heteroatoms. The molecule has 0 aliphatic carbocycles. The fourth-order valence-electron chi connectivity index (χ4n) is 4.09. The number of fused-ring (bicyclic) bond motifs is 1. The molecule has 0 spiro atoms. The van der Waals surface area contributed by atoms with Crippen LogP contribution in [0.2, 0.25) is 0 Å². The maximum absolute atomic E-state index is 13.0. The highest BCUT2D eigenvalue weighted by atomic mass is 16.6. The van der Waals surface area contributed by atoms with Crippen LogP contribution in [0.4, 0.5) is 11.5 Å². The number of hydrogen-bond acceptors (Lipinski definition) is 6. The second-order valence-electron chi connectivity index (χ2n) is 8.66. The summed E-state index contributed by atoms with van der Waals surface area (Å²) in [6.45, 7) is 3.72. The third kappa shape index (κ3) is 4.72. The van der Waals surface area contributed by atoms with E-state index in [1.807, 2.05) is 62.4 Å². The number of nitro groups is 1. The number of benzene rings is 3. The van der Waals surface area contributed by atoms with E-state index < -0.39 is 16.4 Å². The number of anilines is 1.